The quantitative estimate of drug-likeness (QED) is 0.704. The minimum Gasteiger partial charge on any atom is -0.312 e. The van der Waals surface area contributed by atoms with E-state index in [4.69, 9.17) is 0 Å². The van der Waals surface area contributed by atoms with Crippen LogP contribution in [0.2, 0.25) is 0 Å². The molecule has 0 radical (unpaired) electrons. The number of hydrogen-bond donors (Lipinski definition) is 1. The number of nitrogens with one attached hydrogen (secondary N) is 1. The molecule has 30 heavy (non-hydrogen) atoms. The molecule has 8 heteroatoms. The minimum atomic E-state index is -3.63. The van der Waals surface area contributed by atoms with Crippen LogP contribution in [-0.2, 0) is 14.8 Å². The summed E-state index contributed by atoms with van der Waals surface area (Å²) < 4.78 is 28.7. The Morgan fingerprint density at radius 2 is 1.87 bits per heavy atom. The number of carbonyl (C=O) groups excluding carboxylic acids is 1. The predicted octanol–water partition coefficient (Wildman–Crippen LogP) is 3.63. The van der Waals surface area contributed by atoms with Gasteiger partial charge in [0.25, 0.3) is 0 Å². The van der Waals surface area contributed by atoms with Gasteiger partial charge in [-0.15, -0.1) is 11.3 Å². The number of likely N-dealkylation sites (tertiary alicyclic amines) is 1. The number of carbonyl (C=O) groups is 1. The van der Waals surface area contributed by atoms with Gasteiger partial charge in [0.05, 0.1) is 10.9 Å². The van der Waals surface area contributed by atoms with Gasteiger partial charge in [0.15, 0.2) is 0 Å². The summed E-state index contributed by atoms with van der Waals surface area (Å²) in [5.74, 6) is 0.821. The third kappa shape index (κ3) is 4.77. The van der Waals surface area contributed by atoms with Crippen LogP contribution in [0.4, 0.5) is 5.69 Å². The van der Waals surface area contributed by atoms with Crippen LogP contribution in [0.15, 0.2) is 46.7 Å². The summed E-state index contributed by atoms with van der Waals surface area (Å²) in [5, 5.41) is 2.04. The van der Waals surface area contributed by atoms with Crippen molar-refractivity contribution < 1.29 is 13.2 Å². The van der Waals surface area contributed by atoms with Gasteiger partial charge in [0.2, 0.25) is 15.9 Å². The third-order valence-electron chi connectivity index (χ3n) is 6.13. The van der Waals surface area contributed by atoms with Gasteiger partial charge in [-0.3, -0.25) is 9.69 Å². The first-order chi connectivity index (χ1) is 14.4. The smallest absolute Gasteiger partial charge is 0.240 e. The summed E-state index contributed by atoms with van der Waals surface area (Å²) in [6.45, 7) is 5.30. The lowest BCUT2D eigenvalue weighted by atomic mass is 9.97. The molecule has 2 saturated heterocycles. The van der Waals surface area contributed by atoms with Crippen molar-refractivity contribution >= 4 is 33.0 Å². The van der Waals surface area contributed by atoms with Crippen molar-refractivity contribution in [1.82, 2.24) is 9.62 Å². The van der Waals surface area contributed by atoms with Gasteiger partial charge in [-0.1, -0.05) is 13.0 Å². The monoisotopic (exact) mass is 447 g/mol. The number of sulfonamides is 1. The van der Waals surface area contributed by atoms with Crippen LogP contribution in [0.3, 0.4) is 0 Å². The summed E-state index contributed by atoms with van der Waals surface area (Å²) in [6, 6.07) is 10.8. The van der Waals surface area contributed by atoms with Crippen molar-refractivity contribution in [1.29, 1.82) is 0 Å². The van der Waals surface area contributed by atoms with E-state index in [0.717, 1.165) is 44.0 Å². The topological polar surface area (TPSA) is 69.7 Å². The molecule has 0 spiro atoms. The average Bonchev–Trinajstić information content (AvgIpc) is 3.42. The van der Waals surface area contributed by atoms with E-state index in [1.807, 2.05) is 11.4 Å². The average molecular weight is 448 g/mol. The van der Waals surface area contributed by atoms with Crippen LogP contribution >= 0.6 is 11.3 Å². The second kappa shape index (κ2) is 9.18. The molecule has 1 amide bonds. The van der Waals surface area contributed by atoms with Crippen LogP contribution in [0.5, 0.6) is 0 Å². The highest BCUT2D eigenvalue weighted by Gasteiger charge is 2.27. The fourth-order valence-electron chi connectivity index (χ4n) is 4.23. The largest absolute Gasteiger partial charge is 0.312 e. The molecule has 1 N–H and O–H groups in total. The molecule has 0 aliphatic carbocycles. The molecule has 0 unspecified atom stereocenters. The van der Waals surface area contributed by atoms with Crippen LogP contribution < -0.4 is 9.62 Å². The maximum atomic E-state index is 12.9. The second-order valence-corrected chi connectivity index (χ2v) is 11.0. The third-order valence-corrected chi connectivity index (χ3v) is 8.54. The minimum absolute atomic E-state index is 0.0498. The highest BCUT2D eigenvalue weighted by atomic mass is 32.2. The lowest BCUT2D eigenvalue weighted by molar-refractivity contribution is -0.117. The van der Waals surface area contributed by atoms with Gasteiger partial charge in [-0.25, -0.2) is 13.1 Å². The lowest BCUT2D eigenvalue weighted by Gasteiger charge is -2.36. The standard InChI is InChI=1S/C22H29N3O3S2/c1-17-10-13-24(14-11-17)20(21-4-3-15-29-21)16-23-30(27,28)19-8-6-18(7-9-19)25-12-2-5-22(25)26/h3-4,6-9,15,17,20,23H,2,5,10-14,16H2,1H3/t20-/m0/s1. The van der Waals surface area contributed by atoms with Crippen LogP contribution in [-0.4, -0.2) is 45.4 Å². The first kappa shape index (κ1) is 21.5. The Morgan fingerprint density at radius 1 is 1.13 bits per heavy atom. The summed E-state index contributed by atoms with van der Waals surface area (Å²) in [6.07, 6.45) is 3.69. The Bertz CT molecular complexity index is 950. The number of amides is 1. The van der Waals surface area contributed by atoms with E-state index in [0.29, 0.717) is 19.5 Å². The number of thiophene rings is 1. The van der Waals surface area contributed by atoms with Gasteiger partial charge >= 0.3 is 0 Å². The molecular weight excluding hydrogens is 418 g/mol. The van der Waals surface area contributed by atoms with E-state index in [9.17, 15) is 13.2 Å². The van der Waals surface area contributed by atoms with E-state index < -0.39 is 10.0 Å². The maximum absolute atomic E-state index is 12.9. The molecule has 0 saturated carbocycles. The number of piperidine rings is 1. The Morgan fingerprint density at radius 3 is 2.47 bits per heavy atom. The van der Waals surface area contributed by atoms with Gasteiger partial charge in [0.1, 0.15) is 0 Å². The first-order valence-corrected chi connectivity index (χ1v) is 13.0. The van der Waals surface area contributed by atoms with Gasteiger partial charge in [0, 0.05) is 30.1 Å². The molecule has 2 aliphatic rings. The van der Waals surface area contributed by atoms with Crippen molar-refractivity contribution in [2.24, 2.45) is 5.92 Å². The fraction of sp³-hybridized carbons (Fsp3) is 0.500. The number of rotatable bonds is 7. The molecule has 6 nitrogen and oxygen atoms in total. The van der Waals surface area contributed by atoms with E-state index in [1.54, 1.807) is 40.5 Å². The van der Waals surface area contributed by atoms with Gasteiger partial charge in [-0.2, -0.15) is 0 Å². The molecule has 2 fully saturated rings. The Labute approximate surface area is 182 Å². The van der Waals surface area contributed by atoms with E-state index in [1.165, 1.54) is 4.88 Å². The number of anilines is 1. The molecule has 1 aromatic heterocycles. The molecule has 0 bridgehead atoms. The van der Waals surface area contributed by atoms with E-state index >= 15 is 0 Å². The highest BCUT2D eigenvalue weighted by Crippen LogP contribution is 2.30. The zero-order valence-corrected chi connectivity index (χ0v) is 18.9. The molecule has 1 aromatic carbocycles. The summed E-state index contributed by atoms with van der Waals surface area (Å²) in [7, 11) is -3.63. The zero-order chi connectivity index (χ0) is 21.1. The van der Waals surface area contributed by atoms with Gasteiger partial charge < -0.3 is 4.90 Å². The van der Waals surface area contributed by atoms with Crippen LogP contribution in [0, 0.1) is 5.92 Å². The molecule has 2 aromatic rings. The number of nitrogens with zero attached hydrogens (tertiary/aromatic N) is 2. The maximum Gasteiger partial charge on any atom is 0.240 e. The Kier molecular flexibility index (Phi) is 6.57. The van der Waals surface area contributed by atoms with Crippen LogP contribution in [0.1, 0.15) is 43.5 Å². The summed E-state index contributed by atoms with van der Waals surface area (Å²) >= 11 is 1.67. The van der Waals surface area contributed by atoms with Crippen molar-refractivity contribution in [2.75, 3.05) is 31.1 Å². The highest BCUT2D eigenvalue weighted by molar-refractivity contribution is 7.89. The summed E-state index contributed by atoms with van der Waals surface area (Å²) in [4.78, 5) is 17.4. The van der Waals surface area contributed by atoms with Crippen molar-refractivity contribution in [2.45, 2.75) is 43.5 Å². The van der Waals surface area contributed by atoms with Crippen molar-refractivity contribution in [3.05, 3.63) is 46.7 Å². The predicted molar refractivity (Wildman–Crippen MR) is 120 cm³/mol. The molecule has 2 aliphatic heterocycles. The van der Waals surface area contributed by atoms with E-state index in [-0.39, 0.29) is 16.8 Å². The SMILES string of the molecule is CC1CCN([C@@H](CNS(=O)(=O)c2ccc(N3CCCC3=O)cc2)c2cccs2)CC1. The van der Waals surface area contributed by atoms with Gasteiger partial charge in [-0.05, 0) is 74.0 Å². The fourth-order valence-corrected chi connectivity index (χ4v) is 6.13. The van der Waals surface area contributed by atoms with Crippen molar-refractivity contribution in [3.8, 4) is 0 Å². The molecule has 3 heterocycles. The number of benzene rings is 1. The zero-order valence-electron chi connectivity index (χ0n) is 17.3. The molecular formula is C22H29N3O3S2. The molecule has 1 atom stereocenters. The second-order valence-electron chi connectivity index (χ2n) is 8.24. The normalized spacial score (nSPS) is 20.0. The Balaban J connectivity index is 1.45. The Hall–Kier alpha value is -1.74. The molecule has 162 valence electrons. The summed E-state index contributed by atoms with van der Waals surface area (Å²) in [5.41, 5.74) is 0.760. The lowest BCUT2D eigenvalue weighted by Crippen LogP contribution is -2.41. The van der Waals surface area contributed by atoms with Crippen molar-refractivity contribution in [3.63, 3.8) is 0 Å². The first-order valence-electron chi connectivity index (χ1n) is 10.6. The molecule has 4 rings (SSSR count). The van der Waals surface area contributed by atoms with Crippen LogP contribution in [0.25, 0.3) is 0 Å². The van der Waals surface area contributed by atoms with E-state index in [2.05, 4.69) is 22.6 Å². The number of hydrogen-bond acceptors (Lipinski definition) is 5.